The number of allylic oxidation sites excluding steroid dienone is 1. The van der Waals surface area contributed by atoms with Crippen molar-refractivity contribution in [2.45, 2.75) is 25.7 Å². The molecule has 0 atom stereocenters. The number of aliphatic carboxylic acids is 1. The van der Waals surface area contributed by atoms with Gasteiger partial charge in [0, 0.05) is 25.2 Å². The number of carbonyl (C=O) groups is 3. The number of amides is 2. The summed E-state index contributed by atoms with van der Waals surface area (Å²) in [5.74, 6) is -1.42. The maximum absolute atomic E-state index is 11.3. The fraction of sp³-hybridized carbons (Fsp3) is 0.533. The van der Waals surface area contributed by atoms with E-state index in [4.69, 9.17) is 9.84 Å². The molecule has 0 aromatic rings. The Labute approximate surface area is 129 Å². The standard InChI is InChI=1S/C15H22N2O5/c18-13-7-8-14(19)17(13)10-6-4-2-1-3-5-9-16-12-22-11-15(20)21/h3,5,7-8,16H,1-2,4,6,9-12H2,(H,20,21). The van der Waals surface area contributed by atoms with Gasteiger partial charge in [-0.15, -0.1) is 0 Å². The molecule has 0 saturated carbocycles. The fourth-order valence-corrected chi connectivity index (χ4v) is 1.91. The zero-order valence-electron chi connectivity index (χ0n) is 12.5. The first-order valence-electron chi connectivity index (χ1n) is 7.30. The summed E-state index contributed by atoms with van der Waals surface area (Å²) in [6.45, 7) is 1.02. The van der Waals surface area contributed by atoms with E-state index in [0.29, 0.717) is 13.1 Å². The van der Waals surface area contributed by atoms with Gasteiger partial charge in [0.05, 0.1) is 6.73 Å². The highest BCUT2D eigenvalue weighted by molar-refractivity contribution is 6.12. The van der Waals surface area contributed by atoms with Crippen molar-refractivity contribution < 1.29 is 24.2 Å². The predicted octanol–water partition coefficient (Wildman–Crippen LogP) is 0.676. The van der Waals surface area contributed by atoms with E-state index in [-0.39, 0.29) is 25.2 Å². The SMILES string of the molecule is O=C(O)COCNCC=CCCCCCN1C(=O)C=CC1=O. The minimum atomic E-state index is -0.981. The molecule has 7 heteroatoms. The molecule has 1 aliphatic heterocycles. The molecule has 0 radical (unpaired) electrons. The number of carbonyl (C=O) groups excluding carboxylic acids is 2. The van der Waals surface area contributed by atoms with Crippen LogP contribution in [0.4, 0.5) is 0 Å². The molecule has 0 aromatic carbocycles. The number of hydrogen-bond acceptors (Lipinski definition) is 5. The summed E-state index contributed by atoms with van der Waals surface area (Å²) >= 11 is 0. The quantitative estimate of drug-likeness (QED) is 0.238. The van der Waals surface area contributed by atoms with Crippen molar-refractivity contribution in [2.75, 3.05) is 26.4 Å². The van der Waals surface area contributed by atoms with Crippen LogP contribution in [-0.4, -0.2) is 54.2 Å². The summed E-state index contributed by atoms with van der Waals surface area (Å²) in [7, 11) is 0. The van der Waals surface area contributed by atoms with E-state index in [1.165, 1.54) is 17.1 Å². The predicted molar refractivity (Wildman–Crippen MR) is 79.9 cm³/mol. The second-order valence-corrected chi connectivity index (χ2v) is 4.82. The Hall–Kier alpha value is -1.99. The Balaban J connectivity index is 1.89. The normalized spacial score (nSPS) is 14.5. The second-order valence-electron chi connectivity index (χ2n) is 4.82. The zero-order valence-corrected chi connectivity index (χ0v) is 12.5. The van der Waals surface area contributed by atoms with Crippen LogP contribution in [0.5, 0.6) is 0 Å². The number of rotatable bonds is 12. The summed E-state index contributed by atoms with van der Waals surface area (Å²) in [4.78, 5) is 34.0. The van der Waals surface area contributed by atoms with Crippen molar-refractivity contribution in [1.29, 1.82) is 0 Å². The van der Waals surface area contributed by atoms with Crippen LogP contribution in [-0.2, 0) is 19.1 Å². The summed E-state index contributed by atoms with van der Waals surface area (Å²) in [6.07, 6.45) is 10.3. The summed E-state index contributed by atoms with van der Waals surface area (Å²) in [5, 5.41) is 11.3. The Morgan fingerprint density at radius 1 is 1.18 bits per heavy atom. The lowest BCUT2D eigenvalue weighted by atomic mass is 10.2. The van der Waals surface area contributed by atoms with Gasteiger partial charge in [-0.2, -0.15) is 0 Å². The van der Waals surface area contributed by atoms with Crippen LogP contribution in [0.15, 0.2) is 24.3 Å². The van der Waals surface area contributed by atoms with E-state index in [0.717, 1.165) is 25.7 Å². The highest BCUT2D eigenvalue weighted by atomic mass is 16.5. The molecule has 0 bridgehead atoms. The minimum absolute atomic E-state index is 0.211. The average molecular weight is 310 g/mol. The summed E-state index contributed by atoms with van der Waals surface area (Å²) in [5.41, 5.74) is 0. The third-order valence-electron chi connectivity index (χ3n) is 3.01. The number of unbranched alkanes of at least 4 members (excludes halogenated alkanes) is 3. The molecule has 7 nitrogen and oxygen atoms in total. The van der Waals surface area contributed by atoms with Crippen LogP contribution in [0, 0.1) is 0 Å². The maximum Gasteiger partial charge on any atom is 0.329 e. The lowest BCUT2D eigenvalue weighted by molar-refractivity contribution is -0.142. The van der Waals surface area contributed by atoms with Gasteiger partial charge in [0.25, 0.3) is 11.8 Å². The first kappa shape index (κ1) is 18.1. The van der Waals surface area contributed by atoms with Crippen LogP contribution in [0.25, 0.3) is 0 Å². The van der Waals surface area contributed by atoms with E-state index < -0.39 is 5.97 Å². The third kappa shape index (κ3) is 7.70. The van der Waals surface area contributed by atoms with E-state index in [1.54, 1.807) is 0 Å². The summed E-state index contributed by atoms with van der Waals surface area (Å²) < 4.78 is 4.81. The van der Waals surface area contributed by atoms with E-state index in [2.05, 4.69) is 5.32 Å². The molecule has 2 amide bonds. The van der Waals surface area contributed by atoms with Gasteiger partial charge < -0.3 is 9.84 Å². The molecule has 0 unspecified atom stereocenters. The van der Waals surface area contributed by atoms with Gasteiger partial charge in [-0.3, -0.25) is 19.8 Å². The molecule has 1 aliphatic rings. The number of nitrogens with one attached hydrogen (secondary N) is 1. The Bertz CT molecular complexity index is 427. The van der Waals surface area contributed by atoms with Gasteiger partial charge in [0.2, 0.25) is 0 Å². The van der Waals surface area contributed by atoms with Crippen LogP contribution in [0.2, 0.25) is 0 Å². The molecule has 122 valence electrons. The van der Waals surface area contributed by atoms with E-state index >= 15 is 0 Å². The van der Waals surface area contributed by atoms with Crippen LogP contribution in [0.3, 0.4) is 0 Å². The Kier molecular flexibility index (Phi) is 8.78. The number of imide groups is 1. The topological polar surface area (TPSA) is 95.9 Å². The monoisotopic (exact) mass is 310 g/mol. The minimum Gasteiger partial charge on any atom is -0.480 e. The highest BCUT2D eigenvalue weighted by Gasteiger charge is 2.21. The molecule has 1 heterocycles. The van der Waals surface area contributed by atoms with Crippen LogP contribution >= 0.6 is 0 Å². The molecule has 0 aromatic heterocycles. The molecule has 22 heavy (non-hydrogen) atoms. The lowest BCUT2D eigenvalue weighted by Crippen LogP contribution is -2.30. The summed E-state index contributed by atoms with van der Waals surface area (Å²) in [6, 6.07) is 0. The number of ether oxygens (including phenoxy) is 1. The molecule has 2 N–H and O–H groups in total. The van der Waals surface area contributed by atoms with Crippen molar-refractivity contribution in [2.24, 2.45) is 0 Å². The Morgan fingerprint density at radius 3 is 2.59 bits per heavy atom. The van der Waals surface area contributed by atoms with Crippen molar-refractivity contribution in [1.82, 2.24) is 10.2 Å². The molecule has 0 fully saturated rings. The van der Waals surface area contributed by atoms with Gasteiger partial charge in [0.1, 0.15) is 6.61 Å². The third-order valence-corrected chi connectivity index (χ3v) is 3.01. The Morgan fingerprint density at radius 2 is 1.91 bits per heavy atom. The van der Waals surface area contributed by atoms with Gasteiger partial charge in [-0.05, 0) is 19.3 Å². The van der Waals surface area contributed by atoms with Crippen molar-refractivity contribution in [3.63, 3.8) is 0 Å². The lowest BCUT2D eigenvalue weighted by Gasteiger charge is -2.12. The number of hydrogen-bond donors (Lipinski definition) is 2. The smallest absolute Gasteiger partial charge is 0.329 e. The maximum atomic E-state index is 11.3. The van der Waals surface area contributed by atoms with Gasteiger partial charge in [0.15, 0.2) is 0 Å². The highest BCUT2D eigenvalue weighted by Crippen LogP contribution is 2.07. The number of nitrogens with zero attached hydrogens (tertiary/aromatic N) is 1. The van der Waals surface area contributed by atoms with E-state index in [9.17, 15) is 14.4 Å². The van der Waals surface area contributed by atoms with Gasteiger partial charge in [-0.1, -0.05) is 18.6 Å². The van der Waals surface area contributed by atoms with Crippen LogP contribution in [0.1, 0.15) is 25.7 Å². The van der Waals surface area contributed by atoms with Crippen molar-refractivity contribution in [3.8, 4) is 0 Å². The van der Waals surface area contributed by atoms with Crippen molar-refractivity contribution in [3.05, 3.63) is 24.3 Å². The van der Waals surface area contributed by atoms with Gasteiger partial charge in [-0.25, -0.2) is 4.79 Å². The molecular formula is C15H22N2O5. The molecular weight excluding hydrogens is 288 g/mol. The van der Waals surface area contributed by atoms with Gasteiger partial charge >= 0.3 is 5.97 Å². The second kappa shape index (κ2) is 10.7. The molecule has 0 spiro atoms. The number of carboxylic acid groups (broad SMARTS) is 1. The molecule has 0 aliphatic carbocycles. The first-order chi connectivity index (χ1) is 10.6. The molecule has 0 saturated heterocycles. The zero-order chi connectivity index (χ0) is 16.2. The van der Waals surface area contributed by atoms with Crippen LogP contribution < -0.4 is 5.32 Å². The molecule has 1 rings (SSSR count). The number of carboxylic acids is 1. The fourth-order valence-electron chi connectivity index (χ4n) is 1.91. The average Bonchev–Trinajstić information content (AvgIpc) is 2.79. The largest absolute Gasteiger partial charge is 0.480 e. The first-order valence-corrected chi connectivity index (χ1v) is 7.30. The van der Waals surface area contributed by atoms with E-state index in [1.807, 2.05) is 12.2 Å². The van der Waals surface area contributed by atoms with Crippen molar-refractivity contribution >= 4 is 17.8 Å².